The van der Waals surface area contributed by atoms with Crippen LogP contribution in [0.2, 0.25) is 0 Å². The Labute approximate surface area is 433 Å². The molecular formula is C60H62BrN5O4S2. The number of H-pyrrole nitrogens is 2. The van der Waals surface area contributed by atoms with Gasteiger partial charge in [0.2, 0.25) is 0 Å². The molecule has 370 valence electrons. The molecule has 0 unspecified atom stereocenters. The van der Waals surface area contributed by atoms with Gasteiger partial charge in [-0.05, 0) is 144 Å². The Kier molecular flexibility index (Phi) is 12.6. The first-order valence-corrected chi connectivity index (χ1v) is 27.8. The molecule has 2 aliphatic heterocycles. The van der Waals surface area contributed by atoms with Crippen LogP contribution in [0.15, 0.2) is 136 Å². The second-order valence-electron chi connectivity index (χ2n) is 22.8. The largest absolute Gasteiger partial charge is 0.354 e. The molecule has 4 aromatic carbocycles. The van der Waals surface area contributed by atoms with Crippen LogP contribution in [-0.4, -0.2) is 36.8 Å². The number of hydrogen-bond acceptors (Lipinski definition) is 6. The van der Waals surface area contributed by atoms with Gasteiger partial charge in [-0.1, -0.05) is 156 Å². The normalized spacial score (nSPS) is 13.5. The highest BCUT2D eigenvalue weighted by atomic mass is 79.9. The molecule has 0 saturated carbocycles. The van der Waals surface area contributed by atoms with Crippen LogP contribution in [0.1, 0.15) is 128 Å². The first-order valence-electron chi connectivity index (χ1n) is 24.2. The number of nitrogens with one attached hydrogen (secondary N) is 2. The van der Waals surface area contributed by atoms with Crippen molar-refractivity contribution in [3.63, 3.8) is 0 Å². The zero-order valence-electron chi connectivity index (χ0n) is 43.0. The van der Waals surface area contributed by atoms with E-state index in [2.05, 4.69) is 145 Å². The zero-order valence-corrected chi connectivity index (χ0v) is 46.2. The van der Waals surface area contributed by atoms with Crippen molar-refractivity contribution in [1.82, 2.24) is 19.9 Å². The highest BCUT2D eigenvalue weighted by Gasteiger charge is 2.40. The minimum absolute atomic E-state index is 0.115. The molecule has 0 atom stereocenters. The number of fused-ring (bicyclic) bond motifs is 8. The van der Waals surface area contributed by atoms with Gasteiger partial charge in [-0.25, -0.2) is 26.8 Å². The summed E-state index contributed by atoms with van der Waals surface area (Å²) in [5.41, 5.74) is 11.0. The summed E-state index contributed by atoms with van der Waals surface area (Å²) in [6.45, 7) is 26.3. The Bertz CT molecular complexity index is 3560. The van der Waals surface area contributed by atoms with Crippen LogP contribution in [0.4, 0.5) is 5.69 Å². The molecule has 12 heteroatoms. The number of halogens is 1. The second kappa shape index (κ2) is 18.0. The monoisotopic (exact) mass is 1060 g/mol. The lowest BCUT2D eigenvalue weighted by atomic mass is 9.78. The molecule has 3 aromatic heterocycles. The molecule has 0 radical (unpaired) electrons. The predicted octanol–water partition coefficient (Wildman–Crippen LogP) is 15.5. The fraction of sp³-hybridized carbons (Fsp3) is 0.267. The Balaban J connectivity index is 1.52. The smallest absolute Gasteiger partial charge is 0.277 e. The zero-order chi connectivity index (χ0) is 51.9. The Morgan fingerprint density at radius 3 is 1.15 bits per heavy atom. The van der Waals surface area contributed by atoms with Crippen LogP contribution in [0.5, 0.6) is 0 Å². The van der Waals surface area contributed by atoms with Crippen LogP contribution in [-0.2, 0) is 41.7 Å². The molecule has 9 rings (SSSR count). The summed E-state index contributed by atoms with van der Waals surface area (Å²) >= 11 is 3.96. The molecule has 0 aliphatic carbocycles. The molecular weight excluding hydrogens is 999 g/mol. The highest BCUT2D eigenvalue weighted by Crippen LogP contribution is 2.43. The van der Waals surface area contributed by atoms with Crippen LogP contribution in [0.25, 0.3) is 68.6 Å². The highest BCUT2D eigenvalue weighted by molar-refractivity contribution is 9.10. The Morgan fingerprint density at radius 2 is 0.750 bits per heavy atom. The number of sulfonamides is 2. The van der Waals surface area contributed by atoms with Crippen molar-refractivity contribution in [3.8, 4) is 22.3 Å². The van der Waals surface area contributed by atoms with E-state index in [4.69, 9.17) is 9.97 Å². The summed E-state index contributed by atoms with van der Waals surface area (Å²) in [7, 11) is -9.80. The van der Waals surface area contributed by atoms with Gasteiger partial charge in [0.15, 0.2) is 0 Å². The Hall–Kier alpha value is -6.34. The third-order valence-electron chi connectivity index (χ3n) is 13.3. The van der Waals surface area contributed by atoms with Gasteiger partial charge < -0.3 is 9.97 Å². The molecule has 7 aromatic rings. The minimum atomic E-state index is -4.90. The number of benzene rings is 4. The second-order valence-corrected chi connectivity index (χ2v) is 27.4. The molecule has 0 spiro atoms. The topological polar surface area (TPSA) is 129 Å². The Morgan fingerprint density at radius 1 is 0.417 bits per heavy atom. The average Bonchev–Trinajstić information content (AvgIpc) is 4.17. The molecule has 0 amide bonds. The van der Waals surface area contributed by atoms with E-state index in [0.717, 1.165) is 60.0 Å². The summed E-state index contributed by atoms with van der Waals surface area (Å²) in [6, 6.07) is 36.2. The van der Waals surface area contributed by atoms with Gasteiger partial charge in [-0.3, -0.25) is 0 Å². The van der Waals surface area contributed by atoms with E-state index in [-0.39, 0.29) is 48.3 Å². The molecule has 2 N–H and O–H groups in total. The summed E-state index contributed by atoms with van der Waals surface area (Å²) in [4.78, 5) is 17.5. The number of anilines is 1. The maximum Gasteiger partial charge on any atom is 0.277 e. The fourth-order valence-corrected chi connectivity index (χ4v) is 13.2. The van der Waals surface area contributed by atoms with Crippen LogP contribution < -0.4 is 3.71 Å². The molecule has 9 nitrogen and oxygen atoms in total. The van der Waals surface area contributed by atoms with E-state index in [1.807, 2.05) is 36.4 Å². The van der Waals surface area contributed by atoms with Crippen molar-refractivity contribution < 1.29 is 16.8 Å². The maximum atomic E-state index is 15.5. The number of aromatic amines is 2. The first-order chi connectivity index (χ1) is 33.6. The van der Waals surface area contributed by atoms with Crippen LogP contribution >= 0.6 is 15.9 Å². The van der Waals surface area contributed by atoms with E-state index >= 15 is 16.8 Å². The van der Waals surface area contributed by atoms with Crippen molar-refractivity contribution in [2.75, 3.05) is 3.71 Å². The number of aromatic nitrogens is 4. The minimum Gasteiger partial charge on any atom is -0.354 e. The van der Waals surface area contributed by atoms with Gasteiger partial charge in [0.25, 0.3) is 20.0 Å². The van der Waals surface area contributed by atoms with Crippen molar-refractivity contribution in [2.24, 2.45) is 0 Å². The lowest BCUT2D eigenvalue weighted by Gasteiger charge is -2.26. The van der Waals surface area contributed by atoms with Gasteiger partial charge >= 0.3 is 0 Å². The molecule has 0 fully saturated rings. The average molecular weight is 1060 g/mol. The van der Waals surface area contributed by atoms with Crippen molar-refractivity contribution in [3.05, 3.63) is 171 Å². The van der Waals surface area contributed by atoms with E-state index in [0.29, 0.717) is 26.3 Å². The number of hydrogen-bond donors (Lipinski definition) is 2. The summed E-state index contributed by atoms with van der Waals surface area (Å²) < 4.78 is 63.3. The lowest BCUT2D eigenvalue weighted by molar-refractivity contribution is 0.568. The number of rotatable bonds is 7. The van der Waals surface area contributed by atoms with Crippen LogP contribution in [0.3, 0.4) is 0 Å². The quantitative estimate of drug-likeness (QED) is 0.164. The SMILES string of the molecule is CC(C)(C)c1cc(-c2c3nc(c(N(S(=O)(=O)c4ccccc4)S(=O)(=O)c4ccccc4)c4ccc([nH]4)c(-c4cc(C(C)(C)C)cc(C(C)(C)C)c4)c4nc(c(Br)c5ccc2[nH]5)C=C4)C=C3)cc(C(C)(C)C)c1. The first kappa shape index (κ1) is 50.6. The lowest BCUT2D eigenvalue weighted by Crippen LogP contribution is -2.37. The summed E-state index contributed by atoms with van der Waals surface area (Å²) in [5.74, 6) is 0. The molecule has 8 bridgehead atoms. The third-order valence-corrected chi connectivity index (χ3v) is 18.3. The molecule has 0 saturated heterocycles. The standard InChI is InChI=1S/C60H62BrN5O4S2/c1-57(2,3)39-31-37(32-40(35-39)58(4,5)6)53-45-23-27-49(62-45)55(61)50-28-24-46(63-50)54(38-33-41(59(7,8)9)36-42(34-38)60(10,11)12)48-26-30-52(65-48)56(51-29-25-47(53)64-51)66(71(67,68)43-19-15-13-16-20-43)72(69,70)44-21-17-14-18-22-44/h13-36,62,65H,1-12H3. The third kappa shape index (κ3) is 9.56. The van der Waals surface area contributed by atoms with Gasteiger partial charge in [0.1, 0.15) is 5.69 Å². The van der Waals surface area contributed by atoms with Gasteiger partial charge in [-0.2, -0.15) is 3.71 Å². The summed E-state index contributed by atoms with van der Waals surface area (Å²) in [6.07, 6.45) is 7.51. The van der Waals surface area contributed by atoms with Crippen molar-refractivity contribution in [1.29, 1.82) is 0 Å². The van der Waals surface area contributed by atoms with E-state index in [1.165, 1.54) is 24.3 Å². The molecule has 5 heterocycles. The molecule has 72 heavy (non-hydrogen) atoms. The van der Waals surface area contributed by atoms with Gasteiger partial charge in [0.05, 0.1) is 48.1 Å². The summed E-state index contributed by atoms with van der Waals surface area (Å²) in [5, 5.41) is 0. The maximum absolute atomic E-state index is 15.5. The number of nitrogens with zero attached hydrogens (tertiary/aromatic N) is 3. The van der Waals surface area contributed by atoms with Gasteiger partial charge in [-0.15, -0.1) is 0 Å². The van der Waals surface area contributed by atoms with E-state index in [1.54, 1.807) is 48.5 Å². The van der Waals surface area contributed by atoms with E-state index in [9.17, 15) is 0 Å². The van der Waals surface area contributed by atoms with Crippen molar-refractivity contribution in [2.45, 2.75) is 115 Å². The van der Waals surface area contributed by atoms with Gasteiger partial charge in [0, 0.05) is 22.2 Å². The molecule has 2 aliphatic rings. The van der Waals surface area contributed by atoms with Crippen molar-refractivity contribution >= 4 is 88.0 Å². The predicted molar refractivity (Wildman–Crippen MR) is 302 cm³/mol. The van der Waals surface area contributed by atoms with Crippen LogP contribution in [0, 0.1) is 0 Å². The fourth-order valence-electron chi connectivity index (χ4n) is 8.98. The van der Waals surface area contributed by atoms with E-state index < -0.39 is 20.0 Å².